The van der Waals surface area contributed by atoms with Crippen molar-refractivity contribution in [3.05, 3.63) is 106 Å². The minimum atomic E-state index is -1.14. The lowest BCUT2D eigenvalue weighted by Gasteiger charge is -2.13. The fraction of sp³-hybridized carbons (Fsp3) is 0.0870. The molecule has 1 atom stereocenters. The molecule has 0 saturated carbocycles. The van der Waals surface area contributed by atoms with Crippen molar-refractivity contribution in [1.29, 1.82) is 0 Å². The highest BCUT2D eigenvalue weighted by Gasteiger charge is 2.27. The number of anilines is 1. The number of non-ortho nitro benzene ring substituents is 1. The molecule has 154 valence electrons. The number of amides is 2. The first-order valence-corrected chi connectivity index (χ1v) is 9.57. The number of nitro benzene ring substituents is 1. The van der Waals surface area contributed by atoms with Crippen LogP contribution in [-0.2, 0) is 16.0 Å². The fourth-order valence-electron chi connectivity index (χ4n) is 3.35. The maximum absolute atomic E-state index is 12.8. The molecule has 4 rings (SSSR count). The number of carbonyl (C=O) groups is 2. The van der Waals surface area contributed by atoms with Gasteiger partial charge in [-0.1, -0.05) is 60.7 Å². The number of rotatable bonds is 5. The molecule has 8 heteroatoms. The van der Waals surface area contributed by atoms with Gasteiger partial charge in [0.25, 0.3) is 11.6 Å². The lowest BCUT2D eigenvalue weighted by Crippen LogP contribution is -2.43. The van der Waals surface area contributed by atoms with Crippen LogP contribution in [0.1, 0.15) is 16.7 Å². The third-order valence-corrected chi connectivity index (χ3v) is 4.78. The molecule has 3 aromatic carbocycles. The SMILES string of the molecule is O=C(Cc1cccc([N+](=O)[O-])c1)NC1N=C(c2ccccc2)c2ccccc2NC1=O. The Bertz CT molecular complexity index is 1190. The molecule has 3 aromatic rings. The summed E-state index contributed by atoms with van der Waals surface area (Å²) >= 11 is 0. The summed E-state index contributed by atoms with van der Waals surface area (Å²) in [5.74, 6) is -0.937. The summed E-state index contributed by atoms with van der Waals surface area (Å²) in [6, 6.07) is 22.5. The van der Waals surface area contributed by atoms with Crippen molar-refractivity contribution in [3.63, 3.8) is 0 Å². The smallest absolute Gasteiger partial charge is 0.269 e. The van der Waals surface area contributed by atoms with Gasteiger partial charge >= 0.3 is 0 Å². The summed E-state index contributed by atoms with van der Waals surface area (Å²) in [5.41, 5.74) is 3.11. The number of benzene rings is 3. The summed E-state index contributed by atoms with van der Waals surface area (Å²) in [6.45, 7) is 0. The molecule has 0 saturated heterocycles. The number of nitrogens with zero attached hydrogens (tertiary/aromatic N) is 2. The van der Waals surface area contributed by atoms with E-state index in [9.17, 15) is 19.7 Å². The van der Waals surface area contributed by atoms with E-state index in [1.807, 2.05) is 48.5 Å². The van der Waals surface area contributed by atoms with Crippen molar-refractivity contribution in [2.45, 2.75) is 12.6 Å². The van der Waals surface area contributed by atoms with Gasteiger partial charge in [0.05, 0.1) is 22.7 Å². The number of hydrogen-bond acceptors (Lipinski definition) is 5. The Balaban J connectivity index is 1.62. The minimum Gasteiger partial charge on any atom is -0.326 e. The van der Waals surface area contributed by atoms with E-state index >= 15 is 0 Å². The third-order valence-electron chi connectivity index (χ3n) is 4.78. The number of carbonyl (C=O) groups excluding carboxylic acids is 2. The summed E-state index contributed by atoms with van der Waals surface area (Å²) in [5, 5.41) is 16.4. The average molecular weight is 414 g/mol. The van der Waals surface area contributed by atoms with E-state index in [0.29, 0.717) is 17.0 Å². The van der Waals surface area contributed by atoms with E-state index in [2.05, 4.69) is 15.6 Å². The first-order valence-electron chi connectivity index (χ1n) is 9.57. The molecule has 1 heterocycles. The van der Waals surface area contributed by atoms with Gasteiger partial charge in [-0.3, -0.25) is 19.7 Å². The Morgan fingerprint density at radius 2 is 1.77 bits per heavy atom. The van der Waals surface area contributed by atoms with Crippen molar-refractivity contribution in [2.24, 2.45) is 4.99 Å². The zero-order valence-electron chi connectivity index (χ0n) is 16.3. The molecule has 0 aliphatic carbocycles. The maximum atomic E-state index is 12.8. The molecule has 31 heavy (non-hydrogen) atoms. The van der Waals surface area contributed by atoms with Gasteiger partial charge in [-0.05, 0) is 11.6 Å². The normalized spacial score (nSPS) is 15.2. The van der Waals surface area contributed by atoms with Gasteiger partial charge in [0.2, 0.25) is 12.1 Å². The Morgan fingerprint density at radius 1 is 1.03 bits per heavy atom. The van der Waals surface area contributed by atoms with Gasteiger partial charge in [0.15, 0.2) is 0 Å². The van der Waals surface area contributed by atoms with Gasteiger partial charge in [-0.25, -0.2) is 4.99 Å². The van der Waals surface area contributed by atoms with Crippen LogP contribution >= 0.6 is 0 Å². The first kappa shape index (κ1) is 20.0. The fourth-order valence-corrected chi connectivity index (χ4v) is 3.35. The monoisotopic (exact) mass is 414 g/mol. The maximum Gasteiger partial charge on any atom is 0.269 e. The van der Waals surface area contributed by atoms with Crippen LogP contribution in [0.15, 0.2) is 83.9 Å². The van der Waals surface area contributed by atoms with E-state index in [4.69, 9.17) is 0 Å². The van der Waals surface area contributed by atoms with E-state index in [0.717, 1.165) is 11.1 Å². The van der Waals surface area contributed by atoms with Crippen LogP contribution in [0.25, 0.3) is 0 Å². The molecule has 0 radical (unpaired) electrons. The molecule has 0 aromatic heterocycles. The predicted molar refractivity (Wildman–Crippen MR) is 116 cm³/mol. The zero-order valence-corrected chi connectivity index (χ0v) is 16.3. The number of aliphatic imine (C=N–C) groups is 1. The summed E-state index contributed by atoms with van der Waals surface area (Å²) in [6.07, 6.45) is -1.26. The van der Waals surface area contributed by atoms with Crippen molar-refractivity contribution in [3.8, 4) is 0 Å². The molecule has 2 N–H and O–H groups in total. The quantitative estimate of drug-likeness (QED) is 0.493. The Kier molecular flexibility index (Phi) is 5.53. The van der Waals surface area contributed by atoms with Crippen LogP contribution in [-0.4, -0.2) is 28.6 Å². The van der Waals surface area contributed by atoms with Crippen LogP contribution in [0.2, 0.25) is 0 Å². The molecule has 1 aliphatic heterocycles. The molecule has 0 fully saturated rings. The van der Waals surface area contributed by atoms with Gasteiger partial charge in [-0.15, -0.1) is 0 Å². The summed E-state index contributed by atoms with van der Waals surface area (Å²) in [4.78, 5) is 40.4. The largest absolute Gasteiger partial charge is 0.326 e. The minimum absolute atomic E-state index is 0.0997. The highest BCUT2D eigenvalue weighted by Crippen LogP contribution is 2.23. The third kappa shape index (κ3) is 4.48. The van der Waals surface area contributed by atoms with Gasteiger partial charge < -0.3 is 10.6 Å². The molecule has 1 aliphatic rings. The topological polar surface area (TPSA) is 114 Å². The number of nitro groups is 1. The van der Waals surface area contributed by atoms with E-state index in [-0.39, 0.29) is 12.1 Å². The van der Waals surface area contributed by atoms with Gasteiger partial charge in [-0.2, -0.15) is 0 Å². The van der Waals surface area contributed by atoms with Crippen LogP contribution in [0.5, 0.6) is 0 Å². The predicted octanol–water partition coefficient (Wildman–Crippen LogP) is 3.07. The second-order valence-electron chi connectivity index (χ2n) is 6.95. The molecule has 0 bridgehead atoms. The number of para-hydroxylation sites is 1. The van der Waals surface area contributed by atoms with E-state index in [1.54, 1.807) is 12.1 Å². The zero-order chi connectivity index (χ0) is 21.8. The van der Waals surface area contributed by atoms with Gasteiger partial charge in [0.1, 0.15) is 0 Å². The van der Waals surface area contributed by atoms with Crippen molar-refractivity contribution in [2.75, 3.05) is 5.32 Å². The summed E-state index contributed by atoms with van der Waals surface area (Å²) in [7, 11) is 0. The molecule has 0 spiro atoms. The van der Waals surface area contributed by atoms with Crippen molar-refractivity contribution < 1.29 is 14.5 Å². The van der Waals surface area contributed by atoms with Crippen LogP contribution in [0.4, 0.5) is 11.4 Å². The lowest BCUT2D eigenvalue weighted by molar-refractivity contribution is -0.384. The first-order chi connectivity index (χ1) is 15.0. The van der Waals surface area contributed by atoms with Crippen LogP contribution in [0.3, 0.4) is 0 Å². The standard InChI is InChI=1S/C23H18N4O4/c28-20(14-15-7-6-10-17(13-15)27(30)31)25-22-23(29)24-19-12-5-4-11-18(19)21(26-22)16-8-2-1-3-9-16/h1-13,22H,14H2,(H,24,29)(H,25,28). The second-order valence-corrected chi connectivity index (χ2v) is 6.95. The average Bonchev–Trinajstić information content (AvgIpc) is 2.91. The molecular weight excluding hydrogens is 396 g/mol. The number of fused-ring (bicyclic) bond motifs is 1. The lowest BCUT2D eigenvalue weighted by atomic mass is 10.0. The molecule has 2 amide bonds. The highest BCUT2D eigenvalue weighted by molar-refractivity contribution is 6.19. The number of benzodiazepines with no additional fused rings is 1. The Hall–Kier alpha value is -4.33. The Labute approximate surface area is 177 Å². The molecular formula is C23H18N4O4. The van der Waals surface area contributed by atoms with Crippen molar-refractivity contribution in [1.82, 2.24) is 5.32 Å². The Morgan fingerprint density at radius 3 is 2.55 bits per heavy atom. The number of hydrogen-bond donors (Lipinski definition) is 2. The van der Waals surface area contributed by atoms with Crippen molar-refractivity contribution >= 4 is 28.9 Å². The second kappa shape index (κ2) is 8.58. The number of nitrogens with one attached hydrogen (secondary N) is 2. The van der Waals surface area contributed by atoms with Crippen LogP contribution < -0.4 is 10.6 Å². The van der Waals surface area contributed by atoms with E-state index in [1.165, 1.54) is 18.2 Å². The molecule has 1 unspecified atom stereocenters. The van der Waals surface area contributed by atoms with Crippen LogP contribution in [0, 0.1) is 10.1 Å². The summed E-state index contributed by atoms with van der Waals surface area (Å²) < 4.78 is 0. The van der Waals surface area contributed by atoms with E-state index < -0.39 is 22.9 Å². The van der Waals surface area contributed by atoms with Gasteiger partial charge in [0, 0.05) is 23.3 Å². The molecule has 8 nitrogen and oxygen atoms in total. The highest BCUT2D eigenvalue weighted by atomic mass is 16.6.